The third-order valence-corrected chi connectivity index (χ3v) is 3.63. The van der Waals surface area contributed by atoms with E-state index in [0.717, 1.165) is 16.9 Å². The lowest BCUT2D eigenvalue weighted by molar-refractivity contribution is -0.125. The number of ether oxygens (including phenoxy) is 1. The Hall–Kier alpha value is -2.62. The molecule has 0 N–H and O–H groups in total. The fourth-order valence-electron chi connectivity index (χ4n) is 2.11. The molecule has 0 atom stereocenters. The molecule has 0 fully saturated rings. The van der Waals surface area contributed by atoms with Crippen molar-refractivity contribution in [2.45, 2.75) is 13.8 Å². The molecule has 4 nitrogen and oxygen atoms in total. The van der Waals surface area contributed by atoms with Gasteiger partial charge in [-0.1, -0.05) is 48.0 Å². The minimum absolute atomic E-state index is 0.342. The molecule has 1 amide bonds. The number of hydrogen-bond acceptors (Lipinski definition) is 3. The van der Waals surface area contributed by atoms with Gasteiger partial charge in [0.15, 0.2) is 0 Å². The van der Waals surface area contributed by atoms with Gasteiger partial charge in [0.2, 0.25) is 5.78 Å². The maximum atomic E-state index is 12.2. The molecule has 0 saturated heterocycles. The van der Waals surface area contributed by atoms with Crippen LogP contribution in [0.5, 0.6) is 5.75 Å². The molecule has 23 heavy (non-hydrogen) atoms. The van der Waals surface area contributed by atoms with Gasteiger partial charge in [0.25, 0.3) is 5.91 Å². The molecule has 120 valence electrons. The lowest BCUT2D eigenvalue weighted by atomic mass is 10.1. The Bertz CT molecular complexity index is 692. The average Bonchev–Trinajstić information content (AvgIpc) is 2.56. The summed E-state index contributed by atoms with van der Waals surface area (Å²) in [6, 6.07) is 14.7. The zero-order valence-electron chi connectivity index (χ0n) is 13.7. The molecule has 0 unspecified atom stereocenters. The Morgan fingerprint density at radius 1 is 1.00 bits per heavy atom. The highest BCUT2D eigenvalue weighted by atomic mass is 16.5. The molecule has 0 aliphatic heterocycles. The zero-order chi connectivity index (χ0) is 16.8. The number of carbonyl (C=O) groups excluding carboxylic acids is 2. The Morgan fingerprint density at radius 2 is 1.65 bits per heavy atom. The van der Waals surface area contributed by atoms with Gasteiger partial charge in [-0.25, -0.2) is 0 Å². The Kier molecular flexibility index (Phi) is 5.52. The van der Waals surface area contributed by atoms with E-state index in [1.54, 1.807) is 19.2 Å². The Balaban J connectivity index is 1.88. The van der Waals surface area contributed by atoms with Crippen LogP contribution in [0, 0.1) is 13.8 Å². The normalized spacial score (nSPS) is 10.2. The molecule has 2 aromatic carbocycles. The SMILES string of the molecule is Cc1ccc(C(=O)C(=O)N(C)CCOc2ccccc2C)cc1. The van der Waals surface area contributed by atoms with Gasteiger partial charge in [-0.15, -0.1) is 0 Å². The molecule has 0 heterocycles. The van der Waals surface area contributed by atoms with Crippen molar-refractivity contribution in [3.05, 3.63) is 65.2 Å². The summed E-state index contributed by atoms with van der Waals surface area (Å²) >= 11 is 0. The monoisotopic (exact) mass is 311 g/mol. The molecule has 0 bridgehead atoms. The summed E-state index contributed by atoms with van der Waals surface area (Å²) in [5.74, 6) is -0.233. The molecule has 0 spiro atoms. The summed E-state index contributed by atoms with van der Waals surface area (Å²) in [4.78, 5) is 25.7. The van der Waals surface area contributed by atoms with Gasteiger partial charge < -0.3 is 9.64 Å². The number of hydrogen-bond donors (Lipinski definition) is 0. The highest BCUT2D eigenvalue weighted by Crippen LogP contribution is 2.15. The maximum absolute atomic E-state index is 12.2. The van der Waals surface area contributed by atoms with Crippen LogP contribution in [0.3, 0.4) is 0 Å². The minimum atomic E-state index is -0.526. The van der Waals surface area contributed by atoms with Crippen LogP contribution in [-0.4, -0.2) is 36.8 Å². The molecule has 0 aliphatic rings. The van der Waals surface area contributed by atoms with E-state index >= 15 is 0 Å². The van der Waals surface area contributed by atoms with Crippen LogP contribution < -0.4 is 4.74 Å². The molecule has 0 saturated carbocycles. The van der Waals surface area contributed by atoms with Crippen LogP contribution in [0.15, 0.2) is 48.5 Å². The number of nitrogens with zero attached hydrogens (tertiary/aromatic N) is 1. The number of para-hydroxylation sites is 1. The third kappa shape index (κ3) is 4.42. The second-order valence-electron chi connectivity index (χ2n) is 5.54. The standard InChI is InChI=1S/C19H21NO3/c1-14-8-10-16(11-9-14)18(21)19(22)20(3)12-13-23-17-7-5-4-6-15(17)2/h4-11H,12-13H2,1-3H3. The van der Waals surface area contributed by atoms with E-state index in [9.17, 15) is 9.59 Å². The predicted molar refractivity (Wildman–Crippen MR) is 89.8 cm³/mol. The van der Waals surface area contributed by atoms with Crippen molar-refractivity contribution in [3.8, 4) is 5.75 Å². The first-order valence-electron chi connectivity index (χ1n) is 7.54. The summed E-state index contributed by atoms with van der Waals surface area (Å²) in [5.41, 5.74) is 2.50. The van der Waals surface area contributed by atoms with Gasteiger partial charge in [-0.05, 0) is 25.5 Å². The smallest absolute Gasteiger partial charge is 0.294 e. The molecule has 0 aliphatic carbocycles. The number of Topliss-reactive ketones (excluding diaryl/α,β-unsaturated/α-hetero) is 1. The van der Waals surface area contributed by atoms with E-state index in [-0.39, 0.29) is 0 Å². The number of benzene rings is 2. The van der Waals surface area contributed by atoms with Crippen molar-refractivity contribution in [3.63, 3.8) is 0 Å². The lowest BCUT2D eigenvalue weighted by Crippen LogP contribution is -2.36. The van der Waals surface area contributed by atoms with Gasteiger partial charge in [0.05, 0.1) is 6.54 Å². The number of rotatable bonds is 6. The summed E-state index contributed by atoms with van der Waals surface area (Å²) in [7, 11) is 1.61. The number of amides is 1. The molecule has 4 heteroatoms. The summed E-state index contributed by atoms with van der Waals surface area (Å²) in [6.07, 6.45) is 0. The van der Waals surface area contributed by atoms with Crippen LogP contribution in [0.4, 0.5) is 0 Å². The van der Waals surface area contributed by atoms with Crippen LogP contribution in [-0.2, 0) is 4.79 Å². The number of likely N-dealkylation sites (N-methyl/N-ethyl adjacent to an activating group) is 1. The van der Waals surface area contributed by atoms with Gasteiger partial charge >= 0.3 is 0 Å². The molecular formula is C19H21NO3. The number of carbonyl (C=O) groups is 2. The second-order valence-corrected chi connectivity index (χ2v) is 5.54. The van der Waals surface area contributed by atoms with E-state index in [2.05, 4.69) is 0 Å². The van der Waals surface area contributed by atoms with Crippen LogP contribution >= 0.6 is 0 Å². The van der Waals surface area contributed by atoms with Gasteiger partial charge in [-0.2, -0.15) is 0 Å². The van der Waals surface area contributed by atoms with E-state index in [1.165, 1.54) is 4.90 Å². The first-order valence-corrected chi connectivity index (χ1v) is 7.54. The van der Waals surface area contributed by atoms with Crippen molar-refractivity contribution in [2.75, 3.05) is 20.2 Å². The minimum Gasteiger partial charge on any atom is -0.491 e. The van der Waals surface area contributed by atoms with Gasteiger partial charge in [0, 0.05) is 12.6 Å². The fraction of sp³-hybridized carbons (Fsp3) is 0.263. The second kappa shape index (κ2) is 7.58. The topological polar surface area (TPSA) is 46.6 Å². The largest absolute Gasteiger partial charge is 0.491 e. The molecule has 0 radical (unpaired) electrons. The summed E-state index contributed by atoms with van der Waals surface area (Å²) < 4.78 is 5.65. The van der Waals surface area contributed by atoms with Crippen molar-refractivity contribution in [1.82, 2.24) is 4.90 Å². The van der Waals surface area contributed by atoms with E-state index in [4.69, 9.17) is 4.74 Å². The average molecular weight is 311 g/mol. The van der Waals surface area contributed by atoms with Crippen LogP contribution in [0.2, 0.25) is 0 Å². The van der Waals surface area contributed by atoms with E-state index in [1.807, 2.05) is 50.2 Å². The van der Waals surface area contributed by atoms with Crippen molar-refractivity contribution < 1.29 is 14.3 Å². The highest BCUT2D eigenvalue weighted by molar-refractivity contribution is 6.42. The highest BCUT2D eigenvalue weighted by Gasteiger charge is 2.20. The van der Waals surface area contributed by atoms with Crippen molar-refractivity contribution in [2.24, 2.45) is 0 Å². The molecule has 0 aromatic heterocycles. The quantitative estimate of drug-likeness (QED) is 0.608. The van der Waals surface area contributed by atoms with Crippen LogP contribution in [0.1, 0.15) is 21.5 Å². The fourth-order valence-corrected chi connectivity index (χ4v) is 2.11. The molecule has 2 aromatic rings. The first kappa shape index (κ1) is 16.7. The Morgan fingerprint density at radius 3 is 2.30 bits per heavy atom. The summed E-state index contributed by atoms with van der Waals surface area (Å²) in [5, 5.41) is 0. The number of aryl methyl sites for hydroxylation is 2. The molecule has 2 rings (SSSR count). The Labute approximate surface area is 136 Å². The van der Waals surface area contributed by atoms with E-state index < -0.39 is 11.7 Å². The van der Waals surface area contributed by atoms with Crippen LogP contribution in [0.25, 0.3) is 0 Å². The number of ketones is 1. The first-order chi connectivity index (χ1) is 11.0. The zero-order valence-corrected chi connectivity index (χ0v) is 13.7. The van der Waals surface area contributed by atoms with Gasteiger partial charge in [0.1, 0.15) is 12.4 Å². The van der Waals surface area contributed by atoms with E-state index in [0.29, 0.717) is 18.7 Å². The molecular weight excluding hydrogens is 290 g/mol. The maximum Gasteiger partial charge on any atom is 0.294 e. The van der Waals surface area contributed by atoms with Crippen molar-refractivity contribution in [1.29, 1.82) is 0 Å². The van der Waals surface area contributed by atoms with Gasteiger partial charge in [-0.3, -0.25) is 9.59 Å². The summed E-state index contributed by atoms with van der Waals surface area (Å²) in [6.45, 7) is 4.59. The predicted octanol–water partition coefficient (Wildman–Crippen LogP) is 3.02. The lowest BCUT2D eigenvalue weighted by Gasteiger charge is -2.17. The third-order valence-electron chi connectivity index (χ3n) is 3.63. The van der Waals surface area contributed by atoms with Crippen molar-refractivity contribution >= 4 is 11.7 Å².